The number of hydrogen-bond acceptors (Lipinski definition) is 9. The van der Waals surface area contributed by atoms with Crippen molar-refractivity contribution in [2.24, 2.45) is 21.5 Å². The van der Waals surface area contributed by atoms with Gasteiger partial charge in [-0.15, -0.1) is 0 Å². The molecule has 0 radical (unpaired) electrons. The van der Waals surface area contributed by atoms with Crippen molar-refractivity contribution in [1.29, 1.82) is 0 Å². The van der Waals surface area contributed by atoms with Gasteiger partial charge < -0.3 is 47.8 Å². The van der Waals surface area contributed by atoms with Crippen LogP contribution in [0.15, 0.2) is 9.98 Å². The minimum atomic E-state index is -2.08. The highest BCUT2D eigenvalue weighted by Crippen LogP contribution is 2.15. The molecule has 13 heteroatoms. The molecule has 2 amide bonds. The number of carbonyl (C=O) groups is 2. The molecule has 0 aliphatic carbocycles. The second kappa shape index (κ2) is 19.7. The number of amides is 2. The molecular formula is C28H57N7O6. The number of hydrogen-bond donors (Lipinski definition) is 9. The molecule has 0 saturated heterocycles. The van der Waals surface area contributed by atoms with Gasteiger partial charge in [-0.2, -0.15) is 0 Å². The summed E-state index contributed by atoms with van der Waals surface area (Å²) in [5, 5.41) is 48.8. The lowest BCUT2D eigenvalue weighted by Crippen LogP contribution is -2.57. The van der Waals surface area contributed by atoms with E-state index in [9.17, 15) is 30.0 Å². The van der Waals surface area contributed by atoms with Crippen LogP contribution >= 0.6 is 0 Å². The number of nitrogens with zero attached hydrogens (tertiary/aromatic N) is 2. The number of aliphatic hydroxyl groups is 4. The Hall–Kier alpha value is -2.32. The molecule has 0 rings (SSSR count). The number of carbonyl (C=O) groups excluding carboxylic acids is 2. The van der Waals surface area contributed by atoms with Crippen LogP contribution in [0.5, 0.6) is 0 Å². The fraction of sp³-hybridized carbons (Fsp3) is 0.857. The standard InChI is InChI=1S/C28H57N7O6/c1-7-28(6,8-2)35-26(41)24(39)22(37)21(36)23(38)25(40)33-16-15-31-19(29)13-11-9-10-12-14-20(30)32-17-18-34-27(3,4)5/h21-24,34,36-39H,7-18H2,1-6H3,(H2,29,31)(H2,30,32)(H,33,40)(H,35,41)/t21-,22+,23+,24-/m0/s1. The van der Waals surface area contributed by atoms with Crippen LogP contribution in [0.4, 0.5) is 0 Å². The molecular weight excluding hydrogens is 530 g/mol. The molecule has 0 saturated carbocycles. The van der Waals surface area contributed by atoms with Gasteiger partial charge in [0.15, 0.2) is 12.2 Å². The highest BCUT2D eigenvalue weighted by molar-refractivity contribution is 5.84. The van der Waals surface area contributed by atoms with Crippen molar-refractivity contribution < 1.29 is 30.0 Å². The monoisotopic (exact) mass is 587 g/mol. The maximum absolute atomic E-state index is 12.3. The largest absolute Gasteiger partial charge is 0.387 e. The first-order valence-corrected chi connectivity index (χ1v) is 14.7. The van der Waals surface area contributed by atoms with Crippen LogP contribution in [0.25, 0.3) is 0 Å². The molecule has 4 atom stereocenters. The minimum absolute atomic E-state index is 0.0394. The van der Waals surface area contributed by atoms with Gasteiger partial charge in [-0.1, -0.05) is 26.7 Å². The minimum Gasteiger partial charge on any atom is -0.387 e. The van der Waals surface area contributed by atoms with Crippen molar-refractivity contribution in [3.05, 3.63) is 0 Å². The summed E-state index contributed by atoms with van der Waals surface area (Å²) < 4.78 is 0. The first-order valence-electron chi connectivity index (χ1n) is 14.7. The highest BCUT2D eigenvalue weighted by Gasteiger charge is 2.38. The van der Waals surface area contributed by atoms with Crippen LogP contribution in [-0.4, -0.2) is 106 Å². The molecule has 0 aliphatic heterocycles. The zero-order valence-corrected chi connectivity index (χ0v) is 25.9. The first kappa shape index (κ1) is 38.7. The van der Waals surface area contributed by atoms with E-state index in [1.54, 1.807) is 6.92 Å². The topological polar surface area (TPSA) is 228 Å². The lowest BCUT2D eigenvalue weighted by atomic mass is 9.94. The van der Waals surface area contributed by atoms with E-state index in [1.807, 2.05) is 13.8 Å². The summed E-state index contributed by atoms with van der Waals surface area (Å²) in [5.41, 5.74) is 11.4. The average Bonchev–Trinajstić information content (AvgIpc) is 2.92. The van der Waals surface area contributed by atoms with Crippen molar-refractivity contribution in [3.8, 4) is 0 Å². The lowest BCUT2D eigenvalue weighted by Gasteiger charge is -2.31. The molecule has 240 valence electrons. The third kappa shape index (κ3) is 17.3. The molecule has 0 bridgehead atoms. The van der Waals surface area contributed by atoms with Gasteiger partial charge >= 0.3 is 0 Å². The maximum Gasteiger partial charge on any atom is 0.252 e. The molecule has 0 heterocycles. The van der Waals surface area contributed by atoms with Crippen LogP contribution in [-0.2, 0) is 9.59 Å². The lowest BCUT2D eigenvalue weighted by molar-refractivity contribution is -0.156. The smallest absolute Gasteiger partial charge is 0.252 e. The molecule has 11 N–H and O–H groups in total. The molecule has 0 aromatic rings. The summed E-state index contributed by atoms with van der Waals surface area (Å²) in [4.78, 5) is 33.0. The van der Waals surface area contributed by atoms with Crippen LogP contribution in [0.3, 0.4) is 0 Å². The molecule has 0 spiro atoms. The van der Waals surface area contributed by atoms with Gasteiger partial charge in [0, 0.05) is 37.0 Å². The maximum atomic E-state index is 12.3. The Bertz CT molecular complexity index is 827. The summed E-state index contributed by atoms with van der Waals surface area (Å²) in [7, 11) is 0. The van der Waals surface area contributed by atoms with Crippen LogP contribution < -0.4 is 27.4 Å². The predicted octanol–water partition coefficient (Wildman–Crippen LogP) is -0.316. The molecule has 41 heavy (non-hydrogen) atoms. The van der Waals surface area contributed by atoms with Gasteiger partial charge in [-0.25, -0.2) is 0 Å². The summed E-state index contributed by atoms with van der Waals surface area (Å²) in [5.74, 6) is -0.761. The van der Waals surface area contributed by atoms with Crippen LogP contribution in [0.1, 0.15) is 92.9 Å². The van der Waals surface area contributed by atoms with E-state index < -0.39 is 41.8 Å². The number of amidine groups is 2. The van der Waals surface area contributed by atoms with E-state index >= 15 is 0 Å². The Labute approximate surface area is 245 Å². The van der Waals surface area contributed by atoms with Crippen LogP contribution in [0.2, 0.25) is 0 Å². The van der Waals surface area contributed by atoms with E-state index in [1.165, 1.54) is 0 Å². The molecule has 0 unspecified atom stereocenters. The van der Waals surface area contributed by atoms with E-state index in [4.69, 9.17) is 11.5 Å². The Balaban J connectivity index is 4.25. The number of aliphatic hydroxyl groups excluding tert-OH is 4. The number of nitrogens with two attached hydrogens (primary N) is 2. The number of rotatable bonds is 21. The summed E-state index contributed by atoms with van der Waals surface area (Å²) in [6, 6.07) is 0. The van der Waals surface area contributed by atoms with Gasteiger partial charge in [0.25, 0.3) is 11.8 Å². The van der Waals surface area contributed by atoms with E-state index in [0.29, 0.717) is 37.5 Å². The quantitative estimate of drug-likeness (QED) is 0.0486. The molecule has 0 aromatic carbocycles. The fourth-order valence-electron chi connectivity index (χ4n) is 3.72. The first-order chi connectivity index (χ1) is 19.1. The van der Waals surface area contributed by atoms with E-state index in [0.717, 1.165) is 38.6 Å². The van der Waals surface area contributed by atoms with E-state index in [-0.39, 0.29) is 18.6 Å². The Morgan fingerprint density at radius 1 is 0.732 bits per heavy atom. The second-order valence-electron chi connectivity index (χ2n) is 11.8. The summed E-state index contributed by atoms with van der Waals surface area (Å²) in [6.07, 6.45) is -1.91. The molecule has 0 aromatic heterocycles. The number of nitrogens with one attached hydrogen (secondary N) is 3. The summed E-state index contributed by atoms with van der Waals surface area (Å²) >= 11 is 0. The average molecular weight is 588 g/mol. The Kier molecular flexibility index (Phi) is 18.6. The van der Waals surface area contributed by atoms with E-state index in [2.05, 4.69) is 46.7 Å². The Morgan fingerprint density at radius 2 is 1.17 bits per heavy atom. The van der Waals surface area contributed by atoms with Gasteiger partial charge in [0.1, 0.15) is 12.2 Å². The van der Waals surface area contributed by atoms with Gasteiger partial charge in [-0.3, -0.25) is 19.6 Å². The third-order valence-corrected chi connectivity index (χ3v) is 6.94. The van der Waals surface area contributed by atoms with Crippen LogP contribution in [0, 0.1) is 0 Å². The van der Waals surface area contributed by atoms with Crippen molar-refractivity contribution >= 4 is 23.5 Å². The molecule has 0 fully saturated rings. The number of aliphatic imine (C=N–C) groups is 2. The SMILES string of the molecule is CCC(C)(CC)NC(=O)[C@@H](O)[C@H](O)[C@H](O)[C@@H](O)C(=O)NCCN=C(N)CCCCCCC(N)=NCCNC(C)(C)C. The van der Waals surface area contributed by atoms with Gasteiger partial charge in [0.2, 0.25) is 0 Å². The summed E-state index contributed by atoms with van der Waals surface area (Å²) in [6.45, 7) is 13.5. The fourth-order valence-corrected chi connectivity index (χ4v) is 3.72. The normalized spacial score (nSPS) is 16.1. The van der Waals surface area contributed by atoms with Crippen molar-refractivity contribution in [2.75, 3.05) is 26.2 Å². The molecule has 13 nitrogen and oxygen atoms in total. The number of unbranched alkanes of at least 4 members (excludes halogenated alkanes) is 3. The third-order valence-electron chi connectivity index (χ3n) is 6.94. The van der Waals surface area contributed by atoms with Crippen molar-refractivity contribution in [3.63, 3.8) is 0 Å². The zero-order valence-electron chi connectivity index (χ0n) is 25.9. The zero-order chi connectivity index (χ0) is 31.6. The highest BCUT2D eigenvalue weighted by atomic mass is 16.4. The Morgan fingerprint density at radius 3 is 1.61 bits per heavy atom. The molecule has 0 aliphatic rings. The van der Waals surface area contributed by atoms with Gasteiger partial charge in [0.05, 0.1) is 24.8 Å². The van der Waals surface area contributed by atoms with Gasteiger partial charge in [-0.05, 0) is 53.4 Å². The van der Waals surface area contributed by atoms with Crippen molar-refractivity contribution in [1.82, 2.24) is 16.0 Å². The predicted molar refractivity (Wildman–Crippen MR) is 163 cm³/mol. The second-order valence-corrected chi connectivity index (χ2v) is 11.8. The van der Waals surface area contributed by atoms with Crippen molar-refractivity contribution in [2.45, 2.75) is 128 Å².